The van der Waals surface area contributed by atoms with Gasteiger partial charge in [0.2, 0.25) is 5.69 Å². The third kappa shape index (κ3) is 6.38. The Kier molecular flexibility index (Phi) is 8.07. The van der Waals surface area contributed by atoms with Crippen molar-refractivity contribution in [3.05, 3.63) is 10.9 Å². The van der Waals surface area contributed by atoms with Crippen LogP contribution in [0.2, 0.25) is 0 Å². The van der Waals surface area contributed by atoms with Gasteiger partial charge in [-0.2, -0.15) is 0 Å². The summed E-state index contributed by atoms with van der Waals surface area (Å²) in [6.45, 7) is 7.98. The van der Waals surface area contributed by atoms with Crippen molar-refractivity contribution in [2.75, 3.05) is 13.2 Å². The van der Waals surface area contributed by atoms with Crippen molar-refractivity contribution in [2.45, 2.75) is 65.9 Å². The van der Waals surface area contributed by atoms with Crippen molar-refractivity contribution in [3.63, 3.8) is 0 Å². The lowest BCUT2D eigenvalue weighted by Gasteiger charge is -2.36. The average Bonchev–Trinajstić information content (AvgIpc) is 2.95. The number of nitrogens with zero attached hydrogens (tertiary/aromatic N) is 2. The molecule has 0 aliphatic heterocycles. The van der Waals surface area contributed by atoms with E-state index >= 15 is 0 Å². The van der Waals surface area contributed by atoms with Crippen molar-refractivity contribution < 1.29 is 33.3 Å². The number of hydrogen-bond donors (Lipinski definition) is 0. The fourth-order valence-corrected chi connectivity index (χ4v) is 3.46. The van der Waals surface area contributed by atoms with E-state index in [1.54, 1.807) is 0 Å². The normalized spacial score (nSPS) is 22.1. The van der Waals surface area contributed by atoms with E-state index < -0.39 is 5.97 Å². The number of carbonyl (C=O) groups is 2. The van der Waals surface area contributed by atoms with Crippen LogP contribution in [-0.4, -0.2) is 36.4 Å². The highest BCUT2D eigenvalue weighted by molar-refractivity contribution is 5.77. The molecule has 1 heterocycles. The summed E-state index contributed by atoms with van der Waals surface area (Å²) < 4.78 is 20.2. The molecular formula is C19H30N2O7. The van der Waals surface area contributed by atoms with Gasteiger partial charge in [0.1, 0.15) is 19.3 Å². The molecule has 1 saturated carbocycles. The summed E-state index contributed by atoms with van der Waals surface area (Å²) in [5.41, 5.74) is 0.186. The highest BCUT2D eigenvalue weighted by Gasteiger charge is 2.33. The molecule has 0 spiro atoms. The number of ether oxygens (including phenoxy) is 3. The molecule has 2 rings (SSSR count). The van der Waals surface area contributed by atoms with Gasteiger partial charge in [0, 0.05) is 6.92 Å². The molecule has 1 fully saturated rings. The van der Waals surface area contributed by atoms with Gasteiger partial charge in [0.25, 0.3) is 0 Å². The van der Waals surface area contributed by atoms with Crippen LogP contribution in [0.5, 0.6) is 5.88 Å². The molecule has 0 aromatic carbocycles. The Hall–Kier alpha value is -2.32. The monoisotopic (exact) mass is 398 g/mol. The Bertz CT molecular complexity index is 659. The summed E-state index contributed by atoms with van der Waals surface area (Å²) in [5.74, 6) is 0.555. The first-order chi connectivity index (χ1) is 13.3. The first kappa shape index (κ1) is 22.0. The molecule has 1 aliphatic rings. The number of esters is 2. The van der Waals surface area contributed by atoms with Crippen LogP contribution in [0.4, 0.5) is 0 Å². The van der Waals surface area contributed by atoms with Crippen molar-refractivity contribution in [1.82, 2.24) is 5.16 Å². The van der Waals surface area contributed by atoms with Crippen LogP contribution in [0.25, 0.3) is 0 Å². The van der Waals surface area contributed by atoms with E-state index in [-0.39, 0.29) is 54.6 Å². The lowest BCUT2D eigenvalue weighted by molar-refractivity contribution is -0.806. The molecule has 1 aromatic rings. The summed E-state index contributed by atoms with van der Waals surface area (Å²) in [6, 6.07) is 0. The third-order valence-electron chi connectivity index (χ3n) is 5.14. The minimum absolute atomic E-state index is 0.00599. The van der Waals surface area contributed by atoms with Crippen LogP contribution in [0.3, 0.4) is 0 Å². The molecule has 0 bridgehead atoms. The topological polar surface area (TPSA) is 115 Å². The number of carbonyl (C=O) groups excluding carboxylic acids is 2. The summed E-state index contributed by atoms with van der Waals surface area (Å²) in [7, 11) is 0. The molecule has 0 unspecified atom stereocenters. The Balaban J connectivity index is 1.64. The van der Waals surface area contributed by atoms with E-state index in [0.717, 1.165) is 19.3 Å². The van der Waals surface area contributed by atoms with E-state index in [0.29, 0.717) is 17.8 Å². The van der Waals surface area contributed by atoms with Crippen LogP contribution in [0.1, 0.15) is 58.6 Å². The Labute approximate surface area is 164 Å². The van der Waals surface area contributed by atoms with Gasteiger partial charge >= 0.3 is 17.8 Å². The molecule has 3 atom stereocenters. The van der Waals surface area contributed by atoms with Gasteiger partial charge in [-0.15, -0.1) is 0 Å². The van der Waals surface area contributed by atoms with Crippen molar-refractivity contribution in [1.29, 1.82) is 0 Å². The maximum absolute atomic E-state index is 12.1. The highest BCUT2D eigenvalue weighted by atomic mass is 16.8. The molecule has 0 saturated heterocycles. The van der Waals surface area contributed by atoms with Gasteiger partial charge < -0.3 is 19.4 Å². The van der Waals surface area contributed by atoms with Gasteiger partial charge in [0.05, 0.1) is 18.0 Å². The number of rotatable bonds is 9. The first-order valence-corrected chi connectivity index (χ1v) is 9.82. The second-order valence-electron chi connectivity index (χ2n) is 7.74. The van der Waals surface area contributed by atoms with Gasteiger partial charge in [0.15, 0.2) is 0 Å². The molecule has 0 radical (unpaired) electrons. The van der Waals surface area contributed by atoms with Gasteiger partial charge in [-0.3, -0.25) is 14.2 Å². The summed E-state index contributed by atoms with van der Waals surface area (Å²) in [6.07, 6.45) is 2.98. The lowest BCUT2D eigenvalue weighted by atomic mass is 9.75. The molecule has 158 valence electrons. The molecular weight excluding hydrogens is 368 g/mol. The highest BCUT2D eigenvalue weighted by Crippen LogP contribution is 2.35. The van der Waals surface area contributed by atoms with E-state index in [2.05, 4.69) is 30.6 Å². The smallest absolute Gasteiger partial charge is 0.397 e. The minimum Gasteiger partial charge on any atom is -0.462 e. The molecule has 9 heteroatoms. The number of hydrogen-bond acceptors (Lipinski definition) is 8. The predicted octanol–water partition coefficient (Wildman–Crippen LogP) is 2.32. The summed E-state index contributed by atoms with van der Waals surface area (Å²) in [4.78, 5) is 24.1. The van der Waals surface area contributed by atoms with E-state index in [9.17, 15) is 14.8 Å². The first-order valence-electron chi connectivity index (χ1n) is 9.82. The maximum atomic E-state index is 12.1. The van der Waals surface area contributed by atoms with Crippen LogP contribution in [-0.2, 0) is 19.1 Å². The molecule has 0 N–H and O–H groups in total. The van der Waals surface area contributed by atoms with Gasteiger partial charge in [-0.25, -0.2) is 0 Å². The predicted molar refractivity (Wildman–Crippen MR) is 97.1 cm³/mol. The second-order valence-corrected chi connectivity index (χ2v) is 7.74. The third-order valence-corrected chi connectivity index (χ3v) is 5.14. The summed E-state index contributed by atoms with van der Waals surface area (Å²) >= 11 is 0. The Morgan fingerprint density at radius 1 is 1.25 bits per heavy atom. The van der Waals surface area contributed by atoms with Crippen molar-refractivity contribution in [2.24, 2.45) is 17.8 Å². The zero-order valence-electron chi connectivity index (χ0n) is 17.0. The van der Waals surface area contributed by atoms with Crippen LogP contribution in [0.15, 0.2) is 4.63 Å². The standard InChI is InChI=1S/C19H30N2O7/c1-12(2)15-6-5-13(3)11-16(15)27-18(23)8-7-17(22)25-9-10-26-19-14(4)21(24)28-20-19/h12-13,15-16H,5-11H2,1-4H3/t13-,15+,16-/m1/s1. The van der Waals surface area contributed by atoms with Crippen LogP contribution in [0, 0.1) is 29.9 Å². The number of aromatic nitrogens is 2. The Morgan fingerprint density at radius 3 is 2.61 bits per heavy atom. The average molecular weight is 398 g/mol. The van der Waals surface area contributed by atoms with Gasteiger partial charge in [-0.1, -0.05) is 27.2 Å². The van der Waals surface area contributed by atoms with E-state index in [4.69, 9.17) is 14.2 Å². The molecule has 1 aromatic heterocycles. The second kappa shape index (κ2) is 10.3. The van der Waals surface area contributed by atoms with Crippen molar-refractivity contribution >= 4 is 11.9 Å². The van der Waals surface area contributed by atoms with E-state index in [1.807, 2.05) is 0 Å². The lowest BCUT2D eigenvalue weighted by Crippen LogP contribution is -2.35. The Morgan fingerprint density at radius 2 is 1.96 bits per heavy atom. The zero-order valence-corrected chi connectivity index (χ0v) is 17.0. The molecule has 0 amide bonds. The fraction of sp³-hybridized carbons (Fsp3) is 0.789. The molecule has 9 nitrogen and oxygen atoms in total. The minimum atomic E-state index is -0.506. The van der Waals surface area contributed by atoms with Crippen LogP contribution < -0.4 is 9.64 Å². The van der Waals surface area contributed by atoms with Gasteiger partial charge in [-0.05, 0) is 35.5 Å². The van der Waals surface area contributed by atoms with Crippen molar-refractivity contribution in [3.8, 4) is 5.88 Å². The fourth-order valence-electron chi connectivity index (χ4n) is 3.46. The largest absolute Gasteiger partial charge is 0.462 e. The van der Waals surface area contributed by atoms with Crippen LogP contribution >= 0.6 is 0 Å². The quantitative estimate of drug-likeness (QED) is 0.354. The zero-order chi connectivity index (χ0) is 20.7. The summed E-state index contributed by atoms with van der Waals surface area (Å²) in [5, 5.41) is 14.4. The molecule has 1 aliphatic carbocycles. The SMILES string of the molecule is Cc1c(OCCOC(=O)CCC(=O)O[C@@H]2C[C@H](C)CC[C@H]2C(C)C)no[n+]1[O-]. The molecule has 28 heavy (non-hydrogen) atoms. The van der Waals surface area contributed by atoms with E-state index in [1.165, 1.54) is 6.92 Å². The maximum Gasteiger partial charge on any atom is 0.397 e.